The second-order valence-electron chi connectivity index (χ2n) is 2.47. The van der Waals surface area contributed by atoms with Crippen LogP contribution >= 0.6 is 0 Å². The molecular weight excluding hydrogens is 206 g/mol. The molecule has 0 spiro atoms. The highest BCUT2D eigenvalue weighted by atomic mass is 19.4. The molecule has 0 radical (unpaired) electrons. The average molecular weight is 211 g/mol. The molecule has 1 rings (SSSR count). The molecule has 14 heavy (non-hydrogen) atoms. The summed E-state index contributed by atoms with van der Waals surface area (Å²) >= 11 is 0. The van der Waals surface area contributed by atoms with Crippen molar-refractivity contribution in [3.05, 3.63) is 17.6 Å². The van der Waals surface area contributed by atoms with Crippen molar-refractivity contribution >= 4 is 0 Å². The van der Waals surface area contributed by atoms with E-state index in [1.54, 1.807) is 0 Å². The summed E-state index contributed by atoms with van der Waals surface area (Å²) in [5, 5.41) is 8.92. The number of aryl methyl sites for hydroxylation is 1. The van der Waals surface area contributed by atoms with Crippen molar-refractivity contribution in [3.63, 3.8) is 0 Å². The van der Waals surface area contributed by atoms with Gasteiger partial charge in [0, 0.05) is 5.56 Å². The fraction of sp³-hybridized carbons (Fsp3) is 0.286. The van der Waals surface area contributed by atoms with Gasteiger partial charge in [0.15, 0.2) is 5.75 Å². The van der Waals surface area contributed by atoms with Gasteiger partial charge in [0.2, 0.25) is 5.95 Å². The zero-order valence-corrected chi connectivity index (χ0v) is 6.89. The number of ether oxygens (including phenoxy) is 1. The smallest absolute Gasteiger partial charge is 0.503 e. The molecule has 0 fully saturated rings. The number of halogens is 4. The Morgan fingerprint density at radius 1 is 1.43 bits per heavy atom. The zero-order valence-electron chi connectivity index (χ0n) is 6.89. The van der Waals surface area contributed by atoms with E-state index in [1.807, 2.05) is 0 Å². The quantitative estimate of drug-likeness (QED) is 0.571. The number of nitrogens with zero attached hydrogens (tertiary/aromatic N) is 1. The maximum absolute atomic E-state index is 12.7. The number of aromatic hydroxyl groups is 1. The Kier molecular flexibility index (Phi) is 2.50. The average Bonchev–Trinajstić information content (AvgIpc) is 1.97. The van der Waals surface area contributed by atoms with Gasteiger partial charge >= 0.3 is 6.36 Å². The molecule has 3 nitrogen and oxygen atoms in total. The summed E-state index contributed by atoms with van der Waals surface area (Å²) in [5.74, 6) is -3.18. The SMILES string of the molecule is Cc1cc(O)c(OC(F)(F)F)nc1F. The van der Waals surface area contributed by atoms with Crippen LogP contribution in [0.15, 0.2) is 6.07 Å². The van der Waals surface area contributed by atoms with Crippen molar-refractivity contribution < 1.29 is 27.4 Å². The summed E-state index contributed by atoms with van der Waals surface area (Å²) < 4.78 is 50.9. The van der Waals surface area contributed by atoms with E-state index < -0.39 is 23.9 Å². The van der Waals surface area contributed by atoms with E-state index >= 15 is 0 Å². The van der Waals surface area contributed by atoms with Crippen LogP contribution in [0.3, 0.4) is 0 Å². The van der Waals surface area contributed by atoms with E-state index in [0.717, 1.165) is 6.07 Å². The van der Waals surface area contributed by atoms with Gasteiger partial charge in [-0.25, -0.2) is 0 Å². The van der Waals surface area contributed by atoms with Crippen molar-refractivity contribution in [1.29, 1.82) is 0 Å². The van der Waals surface area contributed by atoms with E-state index in [0.29, 0.717) is 0 Å². The lowest BCUT2D eigenvalue weighted by atomic mass is 10.3. The monoisotopic (exact) mass is 211 g/mol. The molecule has 1 aromatic heterocycles. The Morgan fingerprint density at radius 2 is 2.00 bits per heavy atom. The molecule has 0 bridgehead atoms. The first kappa shape index (κ1) is 10.6. The molecule has 1 aromatic rings. The van der Waals surface area contributed by atoms with E-state index in [1.165, 1.54) is 6.92 Å². The third kappa shape index (κ3) is 2.48. The minimum Gasteiger partial charge on any atom is -0.503 e. The first-order valence-corrected chi connectivity index (χ1v) is 3.41. The van der Waals surface area contributed by atoms with Gasteiger partial charge in [0.1, 0.15) is 0 Å². The summed E-state index contributed by atoms with van der Waals surface area (Å²) in [5.41, 5.74) is -0.0722. The van der Waals surface area contributed by atoms with Crippen LogP contribution in [-0.2, 0) is 0 Å². The van der Waals surface area contributed by atoms with Crippen molar-refractivity contribution in [2.45, 2.75) is 13.3 Å². The molecule has 0 saturated carbocycles. The Labute approximate surface area is 76.0 Å². The van der Waals surface area contributed by atoms with Gasteiger partial charge in [-0.2, -0.15) is 9.37 Å². The summed E-state index contributed by atoms with van der Waals surface area (Å²) in [4.78, 5) is 2.80. The molecule has 1 heterocycles. The third-order valence-corrected chi connectivity index (χ3v) is 1.31. The Balaban J connectivity index is 3.04. The van der Waals surface area contributed by atoms with Crippen LogP contribution in [0.4, 0.5) is 17.6 Å². The van der Waals surface area contributed by atoms with Crippen molar-refractivity contribution in [1.82, 2.24) is 4.98 Å². The van der Waals surface area contributed by atoms with Gasteiger partial charge in [-0.1, -0.05) is 0 Å². The molecule has 0 aliphatic rings. The van der Waals surface area contributed by atoms with Crippen LogP contribution < -0.4 is 4.74 Å². The fourth-order valence-electron chi connectivity index (χ4n) is 0.746. The number of hydrogen-bond acceptors (Lipinski definition) is 3. The van der Waals surface area contributed by atoms with Crippen LogP contribution in [0, 0.1) is 12.9 Å². The molecule has 0 aliphatic carbocycles. The fourth-order valence-corrected chi connectivity index (χ4v) is 0.746. The number of pyridine rings is 1. The zero-order chi connectivity index (χ0) is 10.9. The normalized spacial score (nSPS) is 11.5. The predicted molar refractivity (Wildman–Crippen MR) is 37.3 cm³/mol. The van der Waals surface area contributed by atoms with E-state index in [2.05, 4.69) is 9.72 Å². The maximum atomic E-state index is 12.7. The van der Waals surface area contributed by atoms with E-state index in [9.17, 15) is 17.6 Å². The number of rotatable bonds is 1. The van der Waals surface area contributed by atoms with Gasteiger partial charge in [-0.15, -0.1) is 13.2 Å². The highest BCUT2D eigenvalue weighted by molar-refractivity contribution is 5.35. The minimum atomic E-state index is -5.01. The summed E-state index contributed by atoms with van der Waals surface area (Å²) in [6.07, 6.45) is -5.01. The topological polar surface area (TPSA) is 42.4 Å². The van der Waals surface area contributed by atoms with Gasteiger partial charge in [0.05, 0.1) is 0 Å². The van der Waals surface area contributed by atoms with Crippen molar-refractivity contribution in [3.8, 4) is 11.6 Å². The third-order valence-electron chi connectivity index (χ3n) is 1.31. The summed E-state index contributed by atoms with van der Waals surface area (Å²) in [6.45, 7) is 1.25. The lowest BCUT2D eigenvalue weighted by Gasteiger charge is -2.09. The first-order valence-electron chi connectivity index (χ1n) is 3.41. The van der Waals surface area contributed by atoms with Gasteiger partial charge < -0.3 is 9.84 Å². The summed E-state index contributed by atoms with van der Waals surface area (Å²) in [6, 6.07) is 0.795. The Morgan fingerprint density at radius 3 is 2.50 bits per heavy atom. The van der Waals surface area contributed by atoms with Gasteiger partial charge in [-0.3, -0.25) is 0 Å². The highest BCUT2D eigenvalue weighted by Gasteiger charge is 2.33. The van der Waals surface area contributed by atoms with E-state index in [-0.39, 0.29) is 5.56 Å². The van der Waals surface area contributed by atoms with Crippen molar-refractivity contribution in [2.75, 3.05) is 0 Å². The van der Waals surface area contributed by atoms with Gasteiger partial charge in [0.25, 0.3) is 5.88 Å². The second kappa shape index (κ2) is 3.32. The molecule has 1 N–H and O–H groups in total. The molecule has 0 unspecified atom stereocenters. The number of alkyl halides is 3. The second-order valence-corrected chi connectivity index (χ2v) is 2.47. The molecule has 0 amide bonds. The van der Waals surface area contributed by atoms with E-state index in [4.69, 9.17) is 5.11 Å². The largest absolute Gasteiger partial charge is 0.574 e. The van der Waals surface area contributed by atoms with Crippen LogP contribution in [0.2, 0.25) is 0 Å². The lowest BCUT2D eigenvalue weighted by molar-refractivity contribution is -0.276. The molecular formula is C7H5F4NO2. The minimum absolute atomic E-state index is 0.0722. The molecule has 0 aliphatic heterocycles. The molecule has 78 valence electrons. The number of aromatic nitrogens is 1. The van der Waals surface area contributed by atoms with Crippen LogP contribution in [0.5, 0.6) is 11.6 Å². The molecule has 0 aromatic carbocycles. The number of hydrogen-bond donors (Lipinski definition) is 1. The van der Waals surface area contributed by atoms with Crippen LogP contribution in [0.1, 0.15) is 5.56 Å². The van der Waals surface area contributed by atoms with Gasteiger partial charge in [-0.05, 0) is 13.0 Å². The maximum Gasteiger partial charge on any atom is 0.574 e. The Bertz CT molecular complexity index is 350. The molecule has 7 heteroatoms. The van der Waals surface area contributed by atoms with Crippen LogP contribution in [0.25, 0.3) is 0 Å². The Hall–Kier alpha value is -1.53. The molecule has 0 atom stereocenters. The highest BCUT2D eigenvalue weighted by Crippen LogP contribution is 2.30. The standard InChI is InChI=1S/C7H5F4NO2/c1-3-2-4(13)6(12-5(3)8)14-7(9,10)11/h2,13H,1H3. The summed E-state index contributed by atoms with van der Waals surface area (Å²) in [7, 11) is 0. The lowest BCUT2D eigenvalue weighted by Crippen LogP contribution is -2.18. The first-order chi connectivity index (χ1) is 6.29. The predicted octanol–water partition coefficient (Wildman–Crippen LogP) is 2.13. The molecule has 0 saturated heterocycles. The van der Waals surface area contributed by atoms with Crippen molar-refractivity contribution in [2.24, 2.45) is 0 Å². The van der Waals surface area contributed by atoms with Crippen LogP contribution in [-0.4, -0.2) is 16.5 Å².